The van der Waals surface area contributed by atoms with E-state index in [1.807, 2.05) is 85.2 Å². The molecule has 2 aliphatic heterocycles. The highest BCUT2D eigenvalue weighted by Gasteiger charge is 2.55. The molecule has 0 radical (unpaired) electrons. The topological polar surface area (TPSA) is 74.6 Å². The lowest BCUT2D eigenvalue weighted by Gasteiger charge is -2.29. The Balaban J connectivity index is 1.40. The van der Waals surface area contributed by atoms with E-state index in [0.29, 0.717) is 18.7 Å². The lowest BCUT2D eigenvalue weighted by molar-refractivity contribution is -0.122. The number of pyridine rings is 1. The van der Waals surface area contributed by atoms with Crippen LogP contribution in [0.3, 0.4) is 0 Å². The molecule has 0 spiro atoms. The van der Waals surface area contributed by atoms with Gasteiger partial charge >= 0.3 is 0 Å². The van der Waals surface area contributed by atoms with Gasteiger partial charge in [-0.25, -0.2) is 0 Å². The van der Waals surface area contributed by atoms with Crippen LogP contribution in [0.4, 0.5) is 5.69 Å². The number of aromatic nitrogens is 1. The van der Waals surface area contributed by atoms with Gasteiger partial charge in [-0.2, -0.15) is 0 Å². The van der Waals surface area contributed by atoms with Crippen molar-refractivity contribution in [3.63, 3.8) is 0 Å². The minimum Gasteiger partial charge on any atom is -0.396 e. The predicted molar refractivity (Wildman–Crippen MR) is 139 cm³/mol. The Bertz CT molecular complexity index is 1300. The number of carbonyl (C=O) groups is 1. The van der Waals surface area contributed by atoms with E-state index in [4.69, 9.17) is 0 Å². The van der Waals surface area contributed by atoms with Crippen molar-refractivity contribution in [2.45, 2.75) is 32.5 Å². The van der Waals surface area contributed by atoms with E-state index in [1.54, 1.807) is 0 Å². The van der Waals surface area contributed by atoms with Crippen molar-refractivity contribution in [3.8, 4) is 11.1 Å². The van der Waals surface area contributed by atoms with Gasteiger partial charge in [-0.05, 0) is 48.9 Å². The number of hydrogen-bond acceptors (Lipinski definition) is 4. The number of benzene rings is 2. The number of hydrogen-bond donors (Lipinski definition) is 2. The first-order valence-corrected chi connectivity index (χ1v) is 12.3. The standard InChI is InChI=1S/C29H31N3O3/c1-3-8-21-13-16-25-26-23(17-32(25)29(21)35)24(18-33)27(31(26)4-2)28(34)30-22-14-11-20(12-15-22)19-9-6-5-7-10-19/h3,5-16,23-24,26-27,33H,4,17-18H2,1-2H3,(H,30,34)/b8-3-/t23-,24-,26+,27-/m1/s1. The van der Waals surface area contributed by atoms with Crippen LogP contribution in [0.15, 0.2) is 77.6 Å². The van der Waals surface area contributed by atoms with Crippen molar-refractivity contribution < 1.29 is 9.90 Å². The SMILES string of the molecule is C/C=C\c1ccc2n(c1=O)C[C@@H]1[C@@H](CO)[C@H](C(=O)Nc3ccc(-c4ccccc4)cc3)N(CC)[C@H]21. The molecule has 3 aromatic rings. The van der Waals surface area contributed by atoms with E-state index in [1.165, 1.54) is 0 Å². The van der Waals surface area contributed by atoms with Crippen LogP contribution in [0.5, 0.6) is 0 Å². The summed E-state index contributed by atoms with van der Waals surface area (Å²) < 4.78 is 1.83. The molecule has 0 unspecified atom stereocenters. The first-order valence-electron chi connectivity index (χ1n) is 12.3. The molecule has 35 heavy (non-hydrogen) atoms. The Hall–Kier alpha value is -3.48. The summed E-state index contributed by atoms with van der Waals surface area (Å²) in [4.78, 5) is 28.7. The summed E-state index contributed by atoms with van der Waals surface area (Å²) in [6.45, 7) is 4.98. The fraction of sp³-hybridized carbons (Fsp3) is 0.310. The second kappa shape index (κ2) is 9.64. The largest absolute Gasteiger partial charge is 0.396 e. The molecule has 1 amide bonds. The lowest BCUT2D eigenvalue weighted by Crippen LogP contribution is -2.45. The smallest absolute Gasteiger partial charge is 0.258 e. The molecule has 1 fully saturated rings. The molecule has 0 saturated carbocycles. The number of anilines is 1. The molecular weight excluding hydrogens is 438 g/mol. The van der Waals surface area contributed by atoms with Crippen molar-refractivity contribution in [2.24, 2.45) is 11.8 Å². The summed E-state index contributed by atoms with van der Waals surface area (Å²) in [5, 5.41) is 13.4. The molecule has 0 aliphatic carbocycles. The zero-order valence-electron chi connectivity index (χ0n) is 20.1. The van der Waals surface area contributed by atoms with E-state index in [0.717, 1.165) is 22.5 Å². The third-order valence-corrected chi connectivity index (χ3v) is 7.46. The van der Waals surface area contributed by atoms with Crippen LogP contribution in [-0.4, -0.2) is 39.7 Å². The van der Waals surface area contributed by atoms with Crippen LogP contribution in [-0.2, 0) is 11.3 Å². The summed E-state index contributed by atoms with van der Waals surface area (Å²) in [6, 6.07) is 21.3. The highest BCUT2D eigenvalue weighted by atomic mass is 16.3. The second-order valence-electron chi connectivity index (χ2n) is 9.29. The number of nitrogens with zero attached hydrogens (tertiary/aromatic N) is 2. The molecule has 5 rings (SSSR count). The Morgan fingerprint density at radius 3 is 2.43 bits per heavy atom. The van der Waals surface area contributed by atoms with Gasteiger partial charge in [0.2, 0.25) is 5.91 Å². The molecule has 6 nitrogen and oxygen atoms in total. The third-order valence-electron chi connectivity index (χ3n) is 7.46. The number of aliphatic hydroxyl groups excluding tert-OH is 1. The van der Waals surface area contributed by atoms with Crippen molar-refractivity contribution >= 4 is 17.7 Å². The number of fused-ring (bicyclic) bond motifs is 3. The Morgan fingerprint density at radius 1 is 1.06 bits per heavy atom. The number of allylic oxidation sites excluding steroid dienone is 1. The highest BCUT2D eigenvalue weighted by Crippen LogP contribution is 2.49. The van der Waals surface area contributed by atoms with Crippen LogP contribution in [0.2, 0.25) is 0 Å². The molecule has 2 aliphatic rings. The molecule has 6 heteroatoms. The molecule has 4 atom stereocenters. The zero-order chi connectivity index (χ0) is 24.5. The average Bonchev–Trinajstić information content (AvgIpc) is 3.41. The van der Waals surface area contributed by atoms with E-state index < -0.39 is 6.04 Å². The van der Waals surface area contributed by atoms with E-state index in [9.17, 15) is 14.7 Å². The maximum absolute atomic E-state index is 13.5. The molecule has 180 valence electrons. The average molecular weight is 470 g/mol. The molecule has 1 aromatic heterocycles. The van der Waals surface area contributed by atoms with Crippen molar-refractivity contribution in [3.05, 3.63) is 94.4 Å². The normalized spacial score (nSPS) is 23.4. The third kappa shape index (κ3) is 4.03. The minimum atomic E-state index is -0.465. The van der Waals surface area contributed by atoms with E-state index in [-0.39, 0.29) is 36.0 Å². The van der Waals surface area contributed by atoms with Gasteiger partial charge in [-0.15, -0.1) is 0 Å². The van der Waals surface area contributed by atoms with Crippen molar-refractivity contribution in [1.82, 2.24) is 9.47 Å². The fourth-order valence-electron chi connectivity index (χ4n) is 5.90. The maximum atomic E-state index is 13.5. The van der Waals surface area contributed by atoms with Crippen LogP contribution < -0.4 is 10.9 Å². The number of nitrogens with one attached hydrogen (secondary N) is 1. The first-order chi connectivity index (χ1) is 17.1. The highest BCUT2D eigenvalue weighted by molar-refractivity contribution is 5.95. The summed E-state index contributed by atoms with van der Waals surface area (Å²) >= 11 is 0. The lowest BCUT2D eigenvalue weighted by atomic mass is 9.88. The molecule has 1 saturated heterocycles. The summed E-state index contributed by atoms with van der Waals surface area (Å²) in [6.07, 6.45) is 3.69. The van der Waals surface area contributed by atoms with Crippen LogP contribution >= 0.6 is 0 Å². The minimum absolute atomic E-state index is 0.00436. The van der Waals surface area contributed by atoms with Gasteiger partial charge in [-0.1, -0.05) is 61.5 Å². The van der Waals surface area contributed by atoms with Gasteiger partial charge in [0.15, 0.2) is 0 Å². The van der Waals surface area contributed by atoms with Gasteiger partial charge in [0, 0.05) is 41.9 Å². The monoisotopic (exact) mass is 469 g/mol. The fourth-order valence-corrected chi connectivity index (χ4v) is 5.90. The predicted octanol–water partition coefficient (Wildman–Crippen LogP) is 4.17. The number of aliphatic hydroxyl groups is 1. The molecule has 2 aromatic carbocycles. The van der Waals surface area contributed by atoms with E-state index >= 15 is 0 Å². The van der Waals surface area contributed by atoms with Crippen LogP contribution in [0.1, 0.15) is 31.1 Å². The number of rotatable bonds is 6. The summed E-state index contributed by atoms with van der Waals surface area (Å²) in [5.74, 6) is -0.370. The first kappa shape index (κ1) is 23.3. The molecular formula is C29H31N3O3. The van der Waals surface area contributed by atoms with Crippen LogP contribution in [0, 0.1) is 11.8 Å². The quantitative estimate of drug-likeness (QED) is 0.568. The van der Waals surface area contributed by atoms with Crippen molar-refractivity contribution in [1.29, 1.82) is 0 Å². The van der Waals surface area contributed by atoms with Crippen LogP contribution in [0.25, 0.3) is 17.2 Å². The zero-order valence-corrected chi connectivity index (χ0v) is 20.1. The number of likely N-dealkylation sites (tertiary alicyclic amines) is 1. The Morgan fingerprint density at radius 2 is 1.77 bits per heavy atom. The molecule has 0 bridgehead atoms. The van der Waals surface area contributed by atoms with Gasteiger partial charge in [-0.3, -0.25) is 14.5 Å². The number of amides is 1. The Labute approximate surface area is 205 Å². The van der Waals surface area contributed by atoms with Gasteiger partial charge in [0.05, 0.1) is 12.1 Å². The summed E-state index contributed by atoms with van der Waals surface area (Å²) in [7, 11) is 0. The van der Waals surface area contributed by atoms with Gasteiger partial charge in [0.25, 0.3) is 5.56 Å². The van der Waals surface area contributed by atoms with Crippen molar-refractivity contribution in [2.75, 3.05) is 18.5 Å². The molecule has 2 N–H and O–H groups in total. The summed E-state index contributed by atoms with van der Waals surface area (Å²) in [5.41, 5.74) is 4.51. The Kier molecular flexibility index (Phi) is 6.41. The van der Waals surface area contributed by atoms with E-state index in [2.05, 4.69) is 22.3 Å². The van der Waals surface area contributed by atoms with Gasteiger partial charge < -0.3 is 15.0 Å². The molecule has 3 heterocycles. The second-order valence-corrected chi connectivity index (χ2v) is 9.29. The number of carbonyl (C=O) groups excluding carboxylic acids is 1. The van der Waals surface area contributed by atoms with Gasteiger partial charge in [0.1, 0.15) is 0 Å². The maximum Gasteiger partial charge on any atom is 0.258 e. The number of likely N-dealkylation sites (N-methyl/N-ethyl adjacent to an activating group) is 1.